The quantitative estimate of drug-likeness (QED) is 0.519. The Kier molecular flexibility index (Phi) is 9.19. The third kappa shape index (κ3) is 7.23. The molecule has 1 N–H and O–H groups in total. The number of carbonyl (C=O) groups excluding carboxylic acids is 2. The molecule has 2 aromatic carbocycles. The maximum atomic E-state index is 13.4. The summed E-state index contributed by atoms with van der Waals surface area (Å²) in [7, 11) is 0. The summed E-state index contributed by atoms with van der Waals surface area (Å²) in [6.45, 7) is 6.04. The van der Waals surface area contributed by atoms with E-state index in [1.54, 1.807) is 11.0 Å². The summed E-state index contributed by atoms with van der Waals surface area (Å²) in [4.78, 5) is 28.2. The molecule has 1 aliphatic rings. The van der Waals surface area contributed by atoms with E-state index >= 15 is 0 Å². The molecule has 33 heavy (non-hydrogen) atoms. The summed E-state index contributed by atoms with van der Waals surface area (Å²) in [5.74, 6) is 0.314. The van der Waals surface area contributed by atoms with Gasteiger partial charge in [0.2, 0.25) is 5.91 Å². The molecule has 0 heterocycles. The van der Waals surface area contributed by atoms with E-state index in [2.05, 4.69) is 11.4 Å². The number of nitrogens with zero attached hydrogens (tertiary/aromatic N) is 1. The second-order valence-corrected chi connectivity index (χ2v) is 9.40. The molecule has 3 rings (SSSR count). The summed E-state index contributed by atoms with van der Waals surface area (Å²) in [5.41, 5.74) is 2.95. The number of benzene rings is 2. The molecule has 1 atom stereocenters. The first kappa shape index (κ1) is 25.1. The van der Waals surface area contributed by atoms with Crippen LogP contribution in [0.2, 0.25) is 5.02 Å². The van der Waals surface area contributed by atoms with Gasteiger partial charge in [0, 0.05) is 17.6 Å². The third-order valence-corrected chi connectivity index (χ3v) is 6.56. The van der Waals surface area contributed by atoms with Crippen molar-refractivity contribution in [2.75, 3.05) is 6.61 Å². The molecule has 1 saturated carbocycles. The molecule has 5 nitrogen and oxygen atoms in total. The van der Waals surface area contributed by atoms with Crippen LogP contribution in [0.15, 0.2) is 42.5 Å². The lowest BCUT2D eigenvalue weighted by atomic mass is 9.95. The molecule has 2 aromatic rings. The van der Waals surface area contributed by atoms with Gasteiger partial charge in [-0.2, -0.15) is 0 Å². The number of nitrogens with one attached hydrogen (secondary N) is 1. The number of ether oxygens (including phenoxy) is 1. The average molecular weight is 471 g/mol. The molecular weight excluding hydrogens is 436 g/mol. The Morgan fingerprint density at radius 2 is 1.76 bits per heavy atom. The number of hydrogen-bond donors (Lipinski definition) is 1. The molecule has 6 heteroatoms. The third-order valence-electron chi connectivity index (χ3n) is 6.19. The molecule has 1 aliphatic carbocycles. The van der Waals surface area contributed by atoms with Gasteiger partial charge in [-0.15, -0.1) is 0 Å². The molecule has 1 fully saturated rings. The minimum absolute atomic E-state index is 0.101. The zero-order valence-corrected chi connectivity index (χ0v) is 20.7. The van der Waals surface area contributed by atoms with Gasteiger partial charge in [-0.05, 0) is 68.0 Å². The van der Waals surface area contributed by atoms with Crippen LogP contribution in [0.5, 0.6) is 5.75 Å². The molecule has 0 radical (unpaired) electrons. The van der Waals surface area contributed by atoms with Gasteiger partial charge in [0.25, 0.3) is 5.91 Å². The predicted molar refractivity (Wildman–Crippen MR) is 133 cm³/mol. The van der Waals surface area contributed by atoms with Crippen LogP contribution >= 0.6 is 11.6 Å². The highest BCUT2D eigenvalue weighted by Gasteiger charge is 2.31. The van der Waals surface area contributed by atoms with Crippen molar-refractivity contribution < 1.29 is 14.3 Å². The monoisotopic (exact) mass is 470 g/mol. The topological polar surface area (TPSA) is 58.6 Å². The van der Waals surface area contributed by atoms with Gasteiger partial charge in [-0.25, -0.2) is 0 Å². The van der Waals surface area contributed by atoms with Crippen molar-refractivity contribution in [3.05, 3.63) is 64.2 Å². The highest BCUT2D eigenvalue weighted by molar-refractivity contribution is 6.31. The summed E-state index contributed by atoms with van der Waals surface area (Å²) < 4.78 is 5.85. The number of amides is 2. The zero-order valence-electron chi connectivity index (χ0n) is 19.9. The lowest BCUT2D eigenvalue weighted by Crippen LogP contribution is -2.52. The molecule has 0 unspecified atom stereocenters. The second kappa shape index (κ2) is 12.1. The van der Waals surface area contributed by atoms with Crippen LogP contribution < -0.4 is 10.1 Å². The van der Waals surface area contributed by atoms with Gasteiger partial charge in [0.1, 0.15) is 11.8 Å². The highest BCUT2D eigenvalue weighted by atomic mass is 35.5. The smallest absolute Gasteiger partial charge is 0.261 e. The number of rotatable bonds is 9. The number of halogens is 1. The Hall–Kier alpha value is -2.53. The van der Waals surface area contributed by atoms with E-state index in [0.717, 1.165) is 42.4 Å². The predicted octanol–water partition coefficient (Wildman–Crippen LogP) is 5.59. The molecule has 0 saturated heterocycles. The number of hydrogen-bond acceptors (Lipinski definition) is 3. The molecule has 0 bridgehead atoms. The van der Waals surface area contributed by atoms with Crippen LogP contribution in [0.4, 0.5) is 0 Å². The summed E-state index contributed by atoms with van der Waals surface area (Å²) >= 11 is 6.39. The van der Waals surface area contributed by atoms with E-state index in [1.165, 1.54) is 6.42 Å². The Bertz CT molecular complexity index is 936. The second-order valence-electron chi connectivity index (χ2n) is 8.99. The van der Waals surface area contributed by atoms with Crippen LogP contribution in [0, 0.1) is 13.8 Å². The molecule has 0 aliphatic heterocycles. The van der Waals surface area contributed by atoms with Crippen LogP contribution in [-0.4, -0.2) is 35.4 Å². The zero-order chi connectivity index (χ0) is 23.8. The van der Waals surface area contributed by atoms with Crippen molar-refractivity contribution in [3.8, 4) is 5.75 Å². The normalized spacial score (nSPS) is 15.0. The summed E-state index contributed by atoms with van der Waals surface area (Å²) in [6, 6.07) is 12.9. The Morgan fingerprint density at radius 1 is 1.09 bits per heavy atom. The molecule has 2 amide bonds. The van der Waals surface area contributed by atoms with E-state index in [9.17, 15) is 9.59 Å². The summed E-state index contributed by atoms with van der Waals surface area (Å²) in [5, 5.41) is 3.76. The largest absolute Gasteiger partial charge is 0.484 e. The van der Waals surface area contributed by atoms with E-state index in [1.807, 2.05) is 51.1 Å². The van der Waals surface area contributed by atoms with Crippen LogP contribution in [0.25, 0.3) is 0 Å². The van der Waals surface area contributed by atoms with Crippen molar-refractivity contribution in [1.29, 1.82) is 0 Å². The van der Waals surface area contributed by atoms with E-state index in [4.69, 9.17) is 16.3 Å². The van der Waals surface area contributed by atoms with Crippen molar-refractivity contribution in [3.63, 3.8) is 0 Å². The molecule has 0 spiro atoms. The van der Waals surface area contributed by atoms with Crippen LogP contribution in [0.3, 0.4) is 0 Å². The lowest BCUT2D eigenvalue weighted by molar-refractivity contribution is -0.143. The Balaban J connectivity index is 1.78. The van der Waals surface area contributed by atoms with Gasteiger partial charge >= 0.3 is 0 Å². The molecule has 0 aromatic heterocycles. The van der Waals surface area contributed by atoms with Crippen LogP contribution in [0.1, 0.15) is 62.1 Å². The fraction of sp³-hybridized carbons (Fsp3) is 0.481. The maximum Gasteiger partial charge on any atom is 0.261 e. The van der Waals surface area contributed by atoms with Gasteiger partial charge < -0.3 is 15.0 Å². The molecular formula is C27H35ClN2O3. The van der Waals surface area contributed by atoms with Gasteiger partial charge in [0.15, 0.2) is 6.61 Å². The summed E-state index contributed by atoms with van der Waals surface area (Å²) in [6.07, 6.45) is 5.99. The Labute approximate surface area is 202 Å². The van der Waals surface area contributed by atoms with Crippen LogP contribution in [-0.2, 0) is 16.1 Å². The van der Waals surface area contributed by atoms with E-state index in [0.29, 0.717) is 17.2 Å². The van der Waals surface area contributed by atoms with Gasteiger partial charge in [-0.3, -0.25) is 9.59 Å². The number of carbonyl (C=O) groups is 2. The molecule has 178 valence electrons. The van der Waals surface area contributed by atoms with E-state index < -0.39 is 6.04 Å². The van der Waals surface area contributed by atoms with Gasteiger partial charge in [0.05, 0.1) is 0 Å². The highest BCUT2D eigenvalue weighted by Crippen LogP contribution is 2.22. The van der Waals surface area contributed by atoms with Crippen molar-refractivity contribution in [2.45, 2.75) is 77.9 Å². The SMILES string of the molecule is CC[C@H](C(=O)NC1CCCCC1)N(Cc1ccccc1Cl)C(=O)COc1cc(C)cc(C)c1. The maximum absolute atomic E-state index is 13.4. The standard InChI is InChI=1S/C27H35ClN2O3/c1-4-25(27(32)29-22-11-6-5-7-12-22)30(17-21-10-8-9-13-24(21)28)26(31)18-33-23-15-19(2)14-20(3)16-23/h8-10,13-16,22,25H,4-7,11-12,17-18H2,1-3H3,(H,29,32)/t25-/m1/s1. The first-order valence-corrected chi connectivity index (χ1v) is 12.3. The Morgan fingerprint density at radius 3 is 2.39 bits per heavy atom. The lowest BCUT2D eigenvalue weighted by Gasteiger charge is -2.33. The first-order valence-electron chi connectivity index (χ1n) is 11.9. The van der Waals surface area contributed by atoms with Crippen molar-refractivity contribution in [2.24, 2.45) is 0 Å². The van der Waals surface area contributed by atoms with Crippen molar-refractivity contribution >= 4 is 23.4 Å². The van der Waals surface area contributed by atoms with Crippen molar-refractivity contribution in [1.82, 2.24) is 10.2 Å². The fourth-order valence-electron chi connectivity index (χ4n) is 4.52. The number of aryl methyl sites for hydroxylation is 2. The van der Waals surface area contributed by atoms with E-state index in [-0.39, 0.29) is 31.0 Å². The minimum atomic E-state index is -0.585. The van der Waals surface area contributed by atoms with Gasteiger partial charge in [-0.1, -0.05) is 62.1 Å². The fourth-order valence-corrected chi connectivity index (χ4v) is 4.71. The first-order chi connectivity index (χ1) is 15.9. The average Bonchev–Trinajstić information content (AvgIpc) is 2.78. The minimum Gasteiger partial charge on any atom is -0.484 e.